The summed E-state index contributed by atoms with van der Waals surface area (Å²) < 4.78 is 15.8. The van der Waals surface area contributed by atoms with Crippen molar-refractivity contribution >= 4 is 17.8 Å². The van der Waals surface area contributed by atoms with Crippen LogP contribution >= 0.6 is 0 Å². The minimum atomic E-state index is -1.55. The molecule has 0 spiro atoms. The Morgan fingerprint density at radius 2 is 1.89 bits per heavy atom. The molecular weight excluding hydrogens is 368 g/mol. The first-order chi connectivity index (χ1) is 13.3. The number of ether oxygens (including phenoxy) is 3. The van der Waals surface area contributed by atoms with Crippen molar-refractivity contribution in [3.63, 3.8) is 0 Å². The van der Waals surface area contributed by atoms with Crippen molar-refractivity contribution in [2.75, 3.05) is 14.2 Å². The molecule has 0 bridgehead atoms. The van der Waals surface area contributed by atoms with Crippen LogP contribution in [0.15, 0.2) is 18.2 Å². The van der Waals surface area contributed by atoms with E-state index in [1.165, 1.54) is 38.5 Å². The molecule has 4 atom stereocenters. The molecule has 0 aromatic heterocycles. The number of methoxy groups -OCH3 is 2. The number of fused-ring (bicyclic) bond motifs is 1. The molecule has 0 saturated heterocycles. The highest BCUT2D eigenvalue weighted by Gasteiger charge is 2.28. The zero-order valence-corrected chi connectivity index (χ0v) is 16.1. The van der Waals surface area contributed by atoms with E-state index in [0.717, 1.165) is 0 Å². The van der Waals surface area contributed by atoms with Gasteiger partial charge in [-0.15, -0.1) is 0 Å². The summed E-state index contributed by atoms with van der Waals surface area (Å²) in [5.41, 5.74) is 0.281. The number of Topliss-reactive ketones (excluding diaryl/α,β-unsaturated/α-hetero) is 1. The Bertz CT molecular complexity index is 742. The predicted octanol–water partition coefficient (Wildman–Crippen LogP) is 1.45. The van der Waals surface area contributed by atoms with E-state index in [2.05, 4.69) is 0 Å². The highest BCUT2D eigenvalue weighted by Crippen LogP contribution is 2.30. The van der Waals surface area contributed by atoms with Crippen molar-refractivity contribution in [2.24, 2.45) is 0 Å². The van der Waals surface area contributed by atoms with Crippen molar-refractivity contribution in [1.29, 1.82) is 0 Å². The van der Waals surface area contributed by atoms with Crippen LogP contribution in [-0.2, 0) is 14.3 Å². The molecule has 0 radical (unpaired) electrons. The first kappa shape index (κ1) is 21.9. The number of hydrogen-bond donors (Lipinski definition) is 3. The second-order valence-electron chi connectivity index (χ2n) is 6.74. The van der Waals surface area contributed by atoms with Gasteiger partial charge in [-0.25, -0.2) is 4.79 Å². The molecule has 1 aromatic carbocycles. The molecule has 0 aliphatic carbocycles. The second-order valence-corrected chi connectivity index (χ2v) is 6.74. The number of phenolic OH excluding ortho intramolecular Hbond substituents is 1. The number of phenols is 1. The van der Waals surface area contributed by atoms with Crippen LogP contribution in [-0.4, -0.2) is 65.7 Å². The Kier molecular flexibility index (Phi) is 7.56. The molecule has 2 rings (SSSR count). The molecule has 0 fully saturated rings. The van der Waals surface area contributed by atoms with Crippen molar-refractivity contribution in [3.05, 3.63) is 29.3 Å². The van der Waals surface area contributed by atoms with E-state index in [9.17, 15) is 24.9 Å². The third kappa shape index (κ3) is 5.31. The molecule has 8 heteroatoms. The quantitative estimate of drug-likeness (QED) is 0.644. The Balaban J connectivity index is 2.45. The molecule has 3 N–H and O–H groups in total. The molecule has 1 heterocycles. The maximum atomic E-state index is 12.6. The van der Waals surface area contributed by atoms with Gasteiger partial charge in [0.25, 0.3) is 0 Å². The number of esters is 1. The lowest BCUT2D eigenvalue weighted by Gasteiger charge is -2.23. The van der Waals surface area contributed by atoms with Gasteiger partial charge in [-0.2, -0.15) is 0 Å². The third-order valence-corrected chi connectivity index (χ3v) is 4.60. The van der Waals surface area contributed by atoms with E-state index in [1.54, 1.807) is 6.92 Å². The first-order valence-electron chi connectivity index (χ1n) is 8.97. The van der Waals surface area contributed by atoms with Gasteiger partial charge in [-0.05, 0) is 25.0 Å². The first-order valence-corrected chi connectivity index (χ1v) is 8.97. The summed E-state index contributed by atoms with van der Waals surface area (Å²) in [6.07, 6.45) is -1.04. The number of carbonyl (C=O) groups excluding carboxylic acids is 2. The number of rotatable bonds is 2. The van der Waals surface area contributed by atoms with E-state index in [4.69, 9.17) is 14.2 Å². The predicted molar refractivity (Wildman–Crippen MR) is 100 cm³/mol. The van der Waals surface area contributed by atoms with Gasteiger partial charge in [-0.1, -0.05) is 12.2 Å². The van der Waals surface area contributed by atoms with Gasteiger partial charge in [0.15, 0.2) is 5.78 Å². The second kappa shape index (κ2) is 9.68. The largest absolute Gasteiger partial charge is 0.507 e. The molecule has 1 aliphatic heterocycles. The van der Waals surface area contributed by atoms with Crippen LogP contribution in [0.2, 0.25) is 0 Å². The number of cyclic esters (lactones) is 1. The standard InChI is InChI=1S/C20H26O8/c1-11-7-13(26-2)10-17(23)19(24)15(21)6-4-5-12-8-14(27-3)9-16(22)18(12)20(25)28-11/h4-5,8-9,11,13,15,19,21-22,24H,6-7,10H2,1-3H3/b5-4+. The van der Waals surface area contributed by atoms with E-state index in [1.807, 2.05) is 0 Å². The summed E-state index contributed by atoms with van der Waals surface area (Å²) in [5, 5.41) is 30.4. The number of aromatic hydroxyl groups is 1. The smallest absolute Gasteiger partial charge is 0.342 e. The van der Waals surface area contributed by atoms with Gasteiger partial charge in [0.2, 0.25) is 0 Å². The topological polar surface area (TPSA) is 123 Å². The Hall–Kier alpha value is -2.42. The van der Waals surface area contributed by atoms with E-state index in [0.29, 0.717) is 11.3 Å². The molecular formula is C20H26O8. The van der Waals surface area contributed by atoms with E-state index < -0.39 is 36.2 Å². The number of aliphatic hydroxyl groups is 2. The minimum absolute atomic E-state index is 0.0343. The van der Waals surface area contributed by atoms with Gasteiger partial charge >= 0.3 is 5.97 Å². The number of carbonyl (C=O) groups is 2. The summed E-state index contributed by atoms with van der Waals surface area (Å²) in [6, 6.07) is 2.84. The SMILES string of the molecule is COc1cc(O)c2c(c1)/C=C/CC(O)C(O)C(=O)CC(OC)CC(C)OC2=O. The molecule has 1 aliphatic rings. The lowest BCUT2D eigenvalue weighted by Crippen LogP contribution is -2.36. The Morgan fingerprint density at radius 1 is 1.18 bits per heavy atom. The normalized spacial score (nSPS) is 28.0. The van der Waals surface area contributed by atoms with Gasteiger partial charge in [0.1, 0.15) is 29.3 Å². The average molecular weight is 394 g/mol. The fraction of sp³-hybridized carbons (Fsp3) is 0.500. The van der Waals surface area contributed by atoms with Crippen molar-refractivity contribution in [2.45, 2.75) is 50.6 Å². The minimum Gasteiger partial charge on any atom is -0.507 e. The number of ketones is 1. The van der Waals surface area contributed by atoms with Crippen LogP contribution in [0.1, 0.15) is 42.1 Å². The lowest BCUT2D eigenvalue weighted by molar-refractivity contribution is -0.135. The molecule has 1 aromatic rings. The maximum Gasteiger partial charge on any atom is 0.342 e. The zero-order chi connectivity index (χ0) is 20.8. The molecule has 4 unspecified atom stereocenters. The highest BCUT2D eigenvalue weighted by atomic mass is 16.5. The molecule has 154 valence electrons. The van der Waals surface area contributed by atoms with Gasteiger partial charge in [0, 0.05) is 26.0 Å². The summed E-state index contributed by atoms with van der Waals surface area (Å²) in [7, 11) is 2.83. The van der Waals surface area contributed by atoms with Crippen LogP contribution in [0.5, 0.6) is 11.5 Å². The van der Waals surface area contributed by atoms with Crippen LogP contribution < -0.4 is 4.74 Å². The van der Waals surface area contributed by atoms with Crippen LogP contribution in [0.4, 0.5) is 0 Å². The number of benzene rings is 1. The van der Waals surface area contributed by atoms with Crippen LogP contribution in [0, 0.1) is 0 Å². The van der Waals surface area contributed by atoms with Crippen LogP contribution in [0.25, 0.3) is 6.08 Å². The van der Waals surface area contributed by atoms with Gasteiger partial charge in [0.05, 0.1) is 19.3 Å². The molecule has 8 nitrogen and oxygen atoms in total. The Morgan fingerprint density at radius 3 is 2.54 bits per heavy atom. The van der Waals surface area contributed by atoms with Crippen LogP contribution in [0.3, 0.4) is 0 Å². The fourth-order valence-corrected chi connectivity index (χ4v) is 3.04. The summed E-state index contributed by atoms with van der Waals surface area (Å²) >= 11 is 0. The summed E-state index contributed by atoms with van der Waals surface area (Å²) in [5.74, 6) is -1.26. The van der Waals surface area contributed by atoms with Crippen molar-refractivity contribution < 1.29 is 39.1 Å². The Labute approximate surface area is 163 Å². The molecule has 0 saturated carbocycles. The van der Waals surface area contributed by atoms with Gasteiger partial charge in [-0.3, -0.25) is 4.79 Å². The lowest BCUT2D eigenvalue weighted by atomic mass is 9.98. The zero-order valence-electron chi connectivity index (χ0n) is 16.1. The van der Waals surface area contributed by atoms with Gasteiger partial charge < -0.3 is 29.5 Å². The number of aliphatic hydroxyl groups excluding tert-OH is 2. The third-order valence-electron chi connectivity index (χ3n) is 4.60. The monoisotopic (exact) mass is 394 g/mol. The van der Waals surface area contributed by atoms with Crippen molar-refractivity contribution in [1.82, 2.24) is 0 Å². The summed E-state index contributed by atoms with van der Waals surface area (Å²) in [4.78, 5) is 24.8. The fourth-order valence-electron chi connectivity index (χ4n) is 3.04. The highest BCUT2D eigenvalue weighted by molar-refractivity contribution is 5.97. The average Bonchev–Trinajstić information content (AvgIpc) is 2.65. The number of hydrogen-bond acceptors (Lipinski definition) is 8. The molecule has 28 heavy (non-hydrogen) atoms. The molecule has 0 amide bonds. The van der Waals surface area contributed by atoms with E-state index in [-0.39, 0.29) is 30.6 Å². The van der Waals surface area contributed by atoms with E-state index >= 15 is 0 Å². The van der Waals surface area contributed by atoms with Crippen molar-refractivity contribution in [3.8, 4) is 11.5 Å². The summed E-state index contributed by atoms with van der Waals surface area (Å²) in [6.45, 7) is 1.64. The maximum absolute atomic E-state index is 12.6.